The van der Waals surface area contributed by atoms with Crippen LogP contribution in [-0.4, -0.2) is 49.3 Å². The Balaban J connectivity index is 2.03. The van der Waals surface area contributed by atoms with Gasteiger partial charge in [-0.2, -0.15) is 0 Å². The van der Waals surface area contributed by atoms with Crippen molar-refractivity contribution in [2.75, 3.05) is 39.3 Å². The van der Waals surface area contributed by atoms with Crippen molar-refractivity contribution in [3.8, 4) is 23.0 Å². The van der Waals surface area contributed by atoms with Crippen LogP contribution in [0.15, 0.2) is 59.5 Å². The summed E-state index contributed by atoms with van der Waals surface area (Å²) in [7, 11) is 1.57. The second-order valence-electron chi connectivity index (χ2n) is 8.60. The van der Waals surface area contributed by atoms with Crippen molar-refractivity contribution in [3.63, 3.8) is 0 Å². The highest BCUT2D eigenvalue weighted by atomic mass is 35.5. The Morgan fingerprint density at radius 1 is 0.872 bits per heavy atom. The van der Waals surface area contributed by atoms with Crippen molar-refractivity contribution in [1.29, 1.82) is 0 Å². The summed E-state index contributed by atoms with van der Waals surface area (Å²) < 4.78 is 50.3. The van der Waals surface area contributed by atoms with E-state index in [1.807, 2.05) is 32.0 Å². The van der Waals surface area contributed by atoms with E-state index in [2.05, 4.69) is 5.32 Å². The van der Waals surface area contributed by atoms with Crippen LogP contribution in [0.2, 0.25) is 5.02 Å². The summed E-state index contributed by atoms with van der Waals surface area (Å²) in [4.78, 5) is 13.3. The highest BCUT2D eigenvalue weighted by Gasteiger charge is 2.31. The van der Waals surface area contributed by atoms with Crippen LogP contribution in [0.4, 0.5) is 5.69 Å². The number of nitrogens with zero attached hydrogens (tertiary/aromatic N) is 1. The van der Waals surface area contributed by atoms with E-state index in [1.165, 1.54) is 45.6 Å². The number of amides is 1. The number of anilines is 1. The number of aryl methyl sites for hydroxylation is 1. The molecule has 0 heterocycles. The maximum Gasteiger partial charge on any atom is 0.265 e. The van der Waals surface area contributed by atoms with Crippen molar-refractivity contribution in [2.24, 2.45) is 0 Å². The fraction of sp³-hybridized carbons (Fsp3) is 0.321. The number of hydrogen-bond acceptors (Lipinski definition) is 7. The average molecular weight is 577 g/mol. The molecule has 1 N–H and O–H groups in total. The van der Waals surface area contributed by atoms with Gasteiger partial charge in [0.05, 0.1) is 45.1 Å². The van der Waals surface area contributed by atoms with Crippen molar-refractivity contribution < 1.29 is 32.2 Å². The van der Waals surface area contributed by atoms with Gasteiger partial charge in [0.1, 0.15) is 18.0 Å². The Bertz CT molecular complexity index is 1430. The van der Waals surface area contributed by atoms with Gasteiger partial charge in [-0.15, -0.1) is 0 Å². The van der Waals surface area contributed by atoms with Crippen LogP contribution in [0.1, 0.15) is 30.5 Å². The monoisotopic (exact) mass is 576 g/mol. The van der Waals surface area contributed by atoms with Crippen LogP contribution >= 0.6 is 11.6 Å². The maximum absolute atomic E-state index is 14.0. The zero-order valence-electron chi connectivity index (χ0n) is 22.8. The fourth-order valence-electron chi connectivity index (χ4n) is 4.17. The van der Waals surface area contributed by atoms with E-state index in [-0.39, 0.29) is 33.1 Å². The van der Waals surface area contributed by atoms with E-state index in [1.54, 1.807) is 19.2 Å². The van der Waals surface area contributed by atoms with Gasteiger partial charge in [-0.25, -0.2) is 8.42 Å². The molecule has 0 saturated heterocycles. The topological polar surface area (TPSA) is 103 Å². The molecule has 0 unspecified atom stereocenters. The molecule has 0 fully saturated rings. The molecule has 11 heteroatoms. The van der Waals surface area contributed by atoms with Crippen LogP contribution in [0, 0.1) is 6.92 Å². The molecule has 0 bridgehead atoms. The SMILES string of the molecule is CC[C@@H](NC(=O)CN(c1cc(Cl)ccc1OC)S(=O)(=O)c1ccc(OC)c(OC)c1)c1ccc(OC)c(C)c1. The number of ether oxygens (including phenoxy) is 4. The number of carbonyl (C=O) groups excluding carboxylic acids is 1. The lowest BCUT2D eigenvalue weighted by molar-refractivity contribution is -0.120. The summed E-state index contributed by atoms with van der Waals surface area (Å²) >= 11 is 6.24. The van der Waals surface area contributed by atoms with Crippen LogP contribution in [0.3, 0.4) is 0 Å². The molecule has 0 aliphatic carbocycles. The number of benzene rings is 3. The molecule has 0 radical (unpaired) electrons. The number of halogens is 1. The molecular weight excluding hydrogens is 544 g/mol. The number of sulfonamides is 1. The minimum Gasteiger partial charge on any atom is -0.496 e. The summed E-state index contributed by atoms with van der Waals surface area (Å²) in [5, 5.41) is 3.24. The lowest BCUT2D eigenvalue weighted by Crippen LogP contribution is -2.42. The smallest absolute Gasteiger partial charge is 0.265 e. The standard InChI is InChI=1S/C28H33ClN2O7S/c1-7-22(19-8-11-24(35-3)18(2)14-19)30-28(32)17-31(23-15-20(29)9-12-25(23)36-4)39(33,34)21-10-13-26(37-5)27(16-21)38-6/h8-16,22H,7,17H2,1-6H3,(H,30,32)/t22-/m1/s1. The molecule has 39 heavy (non-hydrogen) atoms. The van der Waals surface area contributed by atoms with Crippen molar-refractivity contribution in [3.05, 3.63) is 70.7 Å². The minimum absolute atomic E-state index is 0.104. The Labute approximate surface area is 234 Å². The third-order valence-corrected chi connectivity index (χ3v) is 8.20. The van der Waals surface area contributed by atoms with Crippen molar-refractivity contribution in [2.45, 2.75) is 31.2 Å². The molecule has 0 spiro atoms. The van der Waals surface area contributed by atoms with Crippen LogP contribution in [0.5, 0.6) is 23.0 Å². The lowest BCUT2D eigenvalue weighted by Gasteiger charge is -2.27. The first-order valence-corrected chi connectivity index (χ1v) is 13.9. The Morgan fingerprint density at radius 2 is 1.49 bits per heavy atom. The summed E-state index contributed by atoms with van der Waals surface area (Å²) in [6.45, 7) is 3.32. The van der Waals surface area contributed by atoms with Crippen LogP contribution in [-0.2, 0) is 14.8 Å². The molecule has 0 aliphatic heterocycles. The third kappa shape index (κ3) is 6.69. The first kappa shape index (κ1) is 29.9. The number of nitrogens with one attached hydrogen (secondary N) is 1. The van der Waals surface area contributed by atoms with Crippen LogP contribution < -0.4 is 28.6 Å². The minimum atomic E-state index is -4.30. The molecule has 3 aromatic carbocycles. The third-order valence-electron chi connectivity index (χ3n) is 6.20. The first-order valence-electron chi connectivity index (χ1n) is 12.1. The predicted molar refractivity (Wildman–Crippen MR) is 151 cm³/mol. The number of carbonyl (C=O) groups is 1. The molecule has 3 rings (SSSR count). The molecule has 210 valence electrons. The van der Waals surface area contributed by atoms with Gasteiger partial charge in [0, 0.05) is 11.1 Å². The van der Waals surface area contributed by atoms with Crippen molar-refractivity contribution >= 4 is 33.2 Å². The number of rotatable bonds is 12. The largest absolute Gasteiger partial charge is 0.496 e. The van der Waals surface area contributed by atoms with E-state index in [0.717, 1.165) is 21.2 Å². The van der Waals surface area contributed by atoms with Gasteiger partial charge in [0.15, 0.2) is 11.5 Å². The molecule has 0 aliphatic rings. The summed E-state index contributed by atoms with van der Waals surface area (Å²) in [6.07, 6.45) is 0.584. The van der Waals surface area contributed by atoms with Gasteiger partial charge in [-0.05, 0) is 60.9 Å². The quantitative estimate of drug-likeness (QED) is 0.318. The average Bonchev–Trinajstić information content (AvgIpc) is 2.93. The zero-order chi connectivity index (χ0) is 28.7. The predicted octanol–water partition coefficient (Wildman–Crippen LogP) is 5.15. The molecule has 0 aromatic heterocycles. The maximum atomic E-state index is 14.0. The molecule has 3 aromatic rings. The van der Waals surface area contributed by atoms with Gasteiger partial charge in [-0.3, -0.25) is 9.10 Å². The highest BCUT2D eigenvalue weighted by molar-refractivity contribution is 7.92. The molecule has 1 atom stereocenters. The van der Waals surface area contributed by atoms with E-state index in [9.17, 15) is 13.2 Å². The second kappa shape index (κ2) is 12.9. The molecule has 1 amide bonds. The van der Waals surface area contributed by atoms with E-state index >= 15 is 0 Å². The molecule has 0 saturated carbocycles. The Kier molecular flexibility index (Phi) is 9.93. The van der Waals surface area contributed by atoms with Crippen molar-refractivity contribution in [1.82, 2.24) is 5.32 Å². The highest BCUT2D eigenvalue weighted by Crippen LogP contribution is 2.37. The fourth-order valence-corrected chi connectivity index (χ4v) is 5.78. The Morgan fingerprint density at radius 3 is 2.08 bits per heavy atom. The van der Waals surface area contributed by atoms with Gasteiger partial charge < -0.3 is 24.3 Å². The summed E-state index contributed by atoms with van der Waals surface area (Å²) in [5.74, 6) is 1.04. The lowest BCUT2D eigenvalue weighted by atomic mass is 10.0. The zero-order valence-corrected chi connectivity index (χ0v) is 24.4. The normalized spacial score (nSPS) is 11.9. The van der Waals surface area contributed by atoms with Gasteiger partial charge in [-0.1, -0.05) is 30.7 Å². The van der Waals surface area contributed by atoms with Gasteiger partial charge in [0.25, 0.3) is 10.0 Å². The van der Waals surface area contributed by atoms with E-state index < -0.39 is 22.5 Å². The first-order chi connectivity index (χ1) is 18.6. The number of hydrogen-bond donors (Lipinski definition) is 1. The van der Waals surface area contributed by atoms with Gasteiger partial charge in [0.2, 0.25) is 5.91 Å². The summed E-state index contributed by atoms with van der Waals surface area (Å²) in [6, 6.07) is 14.1. The number of methoxy groups -OCH3 is 4. The molecule has 9 nitrogen and oxygen atoms in total. The Hall–Kier alpha value is -3.63. The van der Waals surface area contributed by atoms with E-state index in [0.29, 0.717) is 12.2 Å². The van der Waals surface area contributed by atoms with Gasteiger partial charge >= 0.3 is 0 Å². The summed E-state index contributed by atoms with van der Waals surface area (Å²) in [5.41, 5.74) is 1.91. The second-order valence-corrected chi connectivity index (χ2v) is 10.9. The van der Waals surface area contributed by atoms with Crippen LogP contribution in [0.25, 0.3) is 0 Å². The van der Waals surface area contributed by atoms with E-state index in [4.69, 9.17) is 30.5 Å². The molecular formula is C28H33ClN2O7S.